The van der Waals surface area contributed by atoms with Gasteiger partial charge in [0.1, 0.15) is 0 Å². The Morgan fingerprint density at radius 3 is 1.75 bits per heavy atom. The van der Waals surface area contributed by atoms with Crippen molar-refractivity contribution in [2.24, 2.45) is 5.10 Å². The predicted octanol–water partition coefficient (Wildman–Crippen LogP) is 3.34. The molecule has 0 atom stereocenters. The molecule has 0 saturated carbocycles. The number of hydrogen-bond donors (Lipinski definition) is 0. The Labute approximate surface area is 145 Å². The van der Waals surface area contributed by atoms with E-state index in [0.717, 1.165) is 0 Å². The second-order valence-electron chi connectivity index (χ2n) is 5.66. The first-order valence-electron chi connectivity index (χ1n) is 7.96. The summed E-state index contributed by atoms with van der Waals surface area (Å²) >= 11 is 0. The van der Waals surface area contributed by atoms with Gasteiger partial charge < -0.3 is 5.01 Å². The monoisotopic (exact) mass is 332 g/mol. The Bertz CT molecular complexity index is 759. The minimum Gasteiger partial charge on any atom is -0.303 e. The largest absolute Gasteiger partial charge is 0.303 e. The molecule has 0 aromatic heterocycles. The molecule has 120 valence electrons. The predicted molar refractivity (Wildman–Crippen MR) is 106 cm³/mol. The Balaban J connectivity index is 2.14. The maximum Gasteiger partial charge on any atom is 0.0549 e. The normalized spacial score (nSPS) is 11.1. The van der Waals surface area contributed by atoms with Crippen LogP contribution in [0.4, 0.5) is 0 Å². The molecule has 3 aromatic carbocycles. The zero-order chi connectivity index (χ0) is 16.8. The summed E-state index contributed by atoms with van der Waals surface area (Å²) in [5.74, 6) is 0. The molecule has 0 saturated heterocycles. The summed E-state index contributed by atoms with van der Waals surface area (Å²) < 4.78 is 0. The second kappa shape index (κ2) is 7.90. The van der Waals surface area contributed by atoms with Gasteiger partial charge in [0.25, 0.3) is 0 Å². The molecule has 0 fully saturated rings. The van der Waals surface area contributed by atoms with Crippen LogP contribution < -0.4 is 15.9 Å². The van der Waals surface area contributed by atoms with Gasteiger partial charge in [-0.15, -0.1) is 0 Å². The van der Waals surface area contributed by atoms with E-state index in [4.69, 9.17) is 0 Å². The summed E-state index contributed by atoms with van der Waals surface area (Å²) in [6, 6.07) is 30.0. The van der Waals surface area contributed by atoms with Gasteiger partial charge in [-0.2, -0.15) is 5.10 Å². The van der Waals surface area contributed by atoms with Gasteiger partial charge in [0.05, 0.1) is 6.21 Å². The molecule has 0 radical (unpaired) electrons. The third-order valence-corrected chi connectivity index (χ3v) is 6.15. The summed E-state index contributed by atoms with van der Waals surface area (Å²) in [5.41, 5.74) is 1.17. The first kappa shape index (κ1) is 16.4. The number of hydrogen-bond acceptors (Lipinski definition) is 2. The third kappa shape index (κ3) is 3.90. The van der Waals surface area contributed by atoms with Gasteiger partial charge in [-0.25, -0.2) is 0 Å². The van der Waals surface area contributed by atoms with Crippen LogP contribution in [0.15, 0.2) is 90.0 Å². The summed E-state index contributed by atoms with van der Waals surface area (Å²) in [4.78, 5) is 0. The van der Waals surface area contributed by atoms with Crippen LogP contribution in [0.5, 0.6) is 0 Å². The van der Waals surface area contributed by atoms with E-state index < -0.39 is 7.92 Å². The van der Waals surface area contributed by atoms with E-state index in [1.807, 2.05) is 25.3 Å². The highest BCUT2D eigenvalue weighted by molar-refractivity contribution is 7.80. The van der Waals surface area contributed by atoms with Crippen molar-refractivity contribution in [3.05, 3.63) is 90.5 Å². The van der Waals surface area contributed by atoms with Crippen molar-refractivity contribution in [3.8, 4) is 0 Å². The Morgan fingerprint density at radius 2 is 1.21 bits per heavy atom. The average Bonchev–Trinajstić information content (AvgIpc) is 2.63. The lowest BCUT2D eigenvalue weighted by atomic mass is 10.2. The van der Waals surface area contributed by atoms with Crippen LogP contribution in [-0.2, 0) is 0 Å². The number of benzene rings is 3. The van der Waals surface area contributed by atoms with E-state index in [0.29, 0.717) is 0 Å². The molecule has 24 heavy (non-hydrogen) atoms. The second-order valence-corrected chi connectivity index (χ2v) is 7.84. The molecule has 3 heteroatoms. The SMILES string of the molecule is CN(C)/N=C/c1ccccc1P(c1ccccc1)c1ccccc1. The van der Waals surface area contributed by atoms with Crippen LogP contribution in [0.25, 0.3) is 0 Å². The molecule has 3 aromatic rings. The molecule has 0 amide bonds. The fourth-order valence-corrected chi connectivity index (χ4v) is 4.98. The molecule has 3 rings (SSSR count). The lowest BCUT2D eigenvalue weighted by molar-refractivity contribution is 0.440. The zero-order valence-corrected chi connectivity index (χ0v) is 14.9. The lowest BCUT2D eigenvalue weighted by Gasteiger charge is -2.21. The molecule has 0 aliphatic rings. The maximum absolute atomic E-state index is 4.44. The maximum atomic E-state index is 4.44. The fraction of sp³-hybridized carbons (Fsp3) is 0.0952. The standard InChI is InChI=1S/C21H21N2P/c1-23(2)22-17-18-11-9-10-16-21(18)24(19-12-5-3-6-13-19)20-14-7-4-8-15-20/h3-17H,1-2H3/b22-17+. The summed E-state index contributed by atoms with van der Waals surface area (Å²) in [6.07, 6.45) is 1.95. The average molecular weight is 332 g/mol. The molecular weight excluding hydrogens is 311 g/mol. The molecular formula is C21H21N2P. The van der Waals surface area contributed by atoms with Gasteiger partial charge >= 0.3 is 0 Å². The van der Waals surface area contributed by atoms with Crippen LogP contribution in [0.2, 0.25) is 0 Å². The van der Waals surface area contributed by atoms with Crippen molar-refractivity contribution >= 4 is 30.0 Å². The van der Waals surface area contributed by atoms with Crippen LogP contribution in [0, 0.1) is 0 Å². The van der Waals surface area contributed by atoms with Crippen molar-refractivity contribution < 1.29 is 0 Å². The van der Waals surface area contributed by atoms with Gasteiger partial charge in [-0.3, -0.25) is 0 Å². The third-order valence-electron chi connectivity index (χ3n) is 3.63. The van der Waals surface area contributed by atoms with E-state index in [9.17, 15) is 0 Å². The summed E-state index contributed by atoms with van der Waals surface area (Å²) in [6.45, 7) is 0. The van der Waals surface area contributed by atoms with Crippen molar-refractivity contribution in [3.63, 3.8) is 0 Å². The van der Waals surface area contributed by atoms with Crippen molar-refractivity contribution in [1.82, 2.24) is 5.01 Å². The van der Waals surface area contributed by atoms with E-state index in [1.54, 1.807) is 0 Å². The van der Waals surface area contributed by atoms with Crippen LogP contribution in [-0.4, -0.2) is 25.3 Å². The van der Waals surface area contributed by atoms with Crippen molar-refractivity contribution in [2.45, 2.75) is 0 Å². The molecule has 0 spiro atoms. The Hall–Kier alpha value is -2.44. The van der Waals surface area contributed by atoms with Crippen LogP contribution >= 0.6 is 7.92 Å². The molecule has 0 aliphatic heterocycles. The Kier molecular flexibility index (Phi) is 5.40. The quantitative estimate of drug-likeness (QED) is 0.397. The summed E-state index contributed by atoms with van der Waals surface area (Å²) in [5, 5.41) is 10.3. The zero-order valence-electron chi connectivity index (χ0n) is 14.0. The molecule has 0 heterocycles. The van der Waals surface area contributed by atoms with E-state index in [2.05, 4.69) is 90.0 Å². The summed E-state index contributed by atoms with van der Waals surface area (Å²) in [7, 11) is 3.27. The molecule has 0 unspecified atom stereocenters. The lowest BCUT2D eigenvalue weighted by Crippen LogP contribution is -2.23. The van der Waals surface area contributed by atoms with E-state index in [-0.39, 0.29) is 0 Å². The van der Waals surface area contributed by atoms with E-state index in [1.165, 1.54) is 21.5 Å². The smallest absolute Gasteiger partial charge is 0.0549 e. The van der Waals surface area contributed by atoms with Crippen LogP contribution in [0.3, 0.4) is 0 Å². The number of hydrazone groups is 1. The van der Waals surface area contributed by atoms with Crippen molar-refractivity contribution in [2.75, 3.05) is 14.1 Å². The fourth-order valence-electron chi connectivity index (χ4n) is 2.56. The van der Waals surface area contributed by atoms with Gasteiger partial charge in [-0.05, 0) is 23.8 Å². The van der Waals surface area contributed by atoms with Crippen LogP contribution in [0.1, 0.15) is 5.56 Å². The first-order valence-corrected chi connectivity index (χ1v) is 9.30. The minimum atomic E-state index is -0.607. The highest BCUT2D eigenvalue weighted by atomic mass is 31.1. The molecule has 0 aliphatic carbocycles. The number of nitrogens with zero attached hydrogens (tertiary/aromatic N) is 2. The minimum absolute atomic E-state index is 0.607. The highest BCUT2D eigenvalue weighted by Gasteiger charge is 2.18. The molecule has 0 bridgehead atoms. The van der Waals surface area contributed by atoms with Gasteiger partial charge in [-0.1, -0.05) is 84.9 Å². The first-order chi connectivity index (χ1) is 11.8. The highest BCUT2D eigenvalue weighted by Crippen LogP contribution is 2.33. The number of rotatable bonds is 5. The van der Waals surface area contributed by atoms with Gasteiger partial charge in [0, 0.05) is 19.7 Å². The topological polar surface area (TPSA) is 15.6 Å². The van der Waals surface area contributed by atoms with E-state index >= 15 is 0 Å². The molecule has 0 N–H and O–H groups in total. The van der Waals surface area contributed by atoms with Gasteiger partial charge in [0.2, 0.25) is 0 Å². The van der Waals surface area contributed by atoms with Gasteiger partial charge in [0.15, 0.2) is 0 Å². The molecule has 2 nitrogen and oxygen atoms in total. The Morgan fingerprint density at radius 1 is 0.708 bits per heavy atom. The van der Waals surface area contributed by atoms with Crippen molar-refractivity contribution in [1.29, 1.82) is 0 Å².